The lowest BCUT2D eigenvalue weighted by Gasteiger charge is -2.15. The summed E-state index contributed by atoms with van der Waals surface area (Å²) in [6.45, 7) is 8.65. The lowest BCUT2D eigenvalue weighted by molar-refractivity contribution is 0.242. The van der Waals surface area contributed by atoms with Crippen molar-refractivity contribution in [3.63, 3.8) is 0 Å². The molecule has 0 saturated carbocycles. The summed E-state index contributed by atoms with van der Waals surface area (Å²) in [6, 6.07) is 1.88. The molecule has 0 amide bonds. The van der Waals surface area contributed by atoms with Gasteiger partial charge in [0.15, 0.2) is 5.84 Å². The van der Waals surface area contributed by atoms with Crippen LogP contribution in [0, 0.1) is 19.8 Å². The van der Waals surface area contributed by atoms with Gasteiger partial charge >= 0.3 is 0 Å². The van der Waals surface area contributed by atoms with Gasteiger partial charge in [0.05, 0.1) is 12.2 Å². The van der Waals surface area contributed by atoms with Gasteiger partial charge in [0, 0.05) is 5.69 Å². The Bertz CT molecular complexity index is 458. The van der Waals surface area contributed by atoms with Gasteiger partial charge in [-0.3, -0.25) is 0 Å². The number of pyridine rings is 1. The van der Waals surface area contributed by atoms with Gasteiger partial charge in [0.1, 0.15) is 0 Å². The SMILES string of the molecule is CCCC(C)COc1nc(C)cc(C)c1/C(N)=N/O. The number of rotatable bonds is 6. The van der Waals surface area contributed by atoms with Gasteiger partial charge in [0.2, 0.25) is 5.88 Å². The maximum absolute atomic E-state index is 8.85. The first kappa shape index (κ1) is 15.3. The maximum Gasteiger partial charge on any atom is 0.225 e. The van der Waals surface area contributed by atoms with Gasteiger partial charge in [-0.05, 0) is 37.8 Å². The fourth-order valence-corrected chi connectivity index (χ4v) is 2.07. The largest absolute Gasteiger partial charge is 0.477 e. The molecule has 1 heterocycles. The number of hydrogen-bond donors (Lipinski definition) is 2. The molecular weight excluding hydrogens is 242 g/mol. The molecule has 0 radical (unpaired) electrons. The molecule has 0 aliphatic rings. The highest BCUT2D eigenvalue weighted by Crippen LogP contribution is 2.21. The van der Waals surface area contributed by atoms with Crippen molar-refractivity contribution in [2.75, 3.05) is 6.61 Å². The molecule has 1 atom stereocenters. The third kappa shape index (κ3) is 4.12. The van der Waals surface area contributed by atoms with Crippen LogP contribution in [0.1, 0.15) is 43.5 Å². The van der Waals surface area contributed by atoms with Crippen molar-refractivity contribution in [1.82, 2.24) is 4.98 Å². The van der Waals surface area contributed by atoms with Crippen molar-refractivity contribution in [3.05, 3.63) is 22.9 Å². The first-order valence-electron chi connectivity index (χ1n) is 6.58. The summed E-state index contributed by atoms with van der Waals surface area (Å²) in [5.41, 5.74) is 8.00. The van der Waals surface area contributed by atoms with Crippen LogP contribution in [0.4, 0.5) is 0 Å². The molecule has 1 unspecified atom stereocenters. The zero-order valence-electron chi connectivity index (χ0n) is 12.1. The van der Waals surface area contributed by atoms with Crippen LogP contribution < -0.4 is 10.5 Å². The van der Waals surface area contributed by atoms with E-state index in [0.29, 0.717) is 24.0 Å². The van der Waals surface area contributed by atoms with Crippen molar-refractivity contribution >= 4 is 5.84 Å². The summed E-state index contributed by atoms with van der Waals surface area (Å²) in [5, 5.41) is 11.9. The molecule has 0 spiro atoms. The van der Waals surface area contributed by atoms with Crippen molar-refractivity contribution < 1.29 is 9.94 Å². The van der Waals surface area contributed by atoms with Crippen LogP contribution in [0.15, 0.2) is 11.2 Å². The monoisotopic (exact) mass is 265 g/mol. The molecule has 0 bridgehead atoms. The predicted molar refractivity (Wildman–Crippen MR) is 75.8 cm³/mol. The first-order chi connectivity index (χ1) is 8.99. The maximum atomic E-state index is 8.85. The van der Waals surface area contributed by atoms with E-state index in [1.807, 2.05) is 19.9 Å². The average molecular weight is 265 g/mol. The molecule has 0 aliphatic carbocycles. The summed E-state index contributed by atoms with van der Waals surface area (Å²) in [7, 11) is 0. The van der Waals surface area contributed by atoms with E-state index in [2.05, 4.69) is 24.0 Å². The normalized spacial score (nSPS) is 13.4. The minimum Gasteiger partial charge on any atom is -0.477 e. The number of ether oxygens (including phenoxy) is 1. The van der Waals surface area contributed by atoms with E-state index in [1.165, 1.54) is 0 Å². The zero-order valence-corrected chi connectivity index (χ0v) is 12.1. The Morgan fingerprint density at radius 1 is 1.53 bits per heavy atom. The van der Waals surface area contributed by atoms with E-state index in [4.69, 9.17) is 15.7 Å². The Balaban J connectivity index is 2.98. The Kier molecular flexibility index (Phi) is 5.60. The van der Waals surface area contributed by atoms with Crippen LogP contribution in [0.25, 0.3) is 0 Å². The highest BCUT2D eigenvalue weighted by Gasteiger charge is 2.15. The van der Waals surface area contributed by atoms with Gasteiger partial charge in [-0.25, -0.2) is 4.98 Å². The molecule has 3 N–H and O–H groups in total. The number of hydrogen-bond acceptors (Lipinski definition) is 4. The van der Waals surface area contributed by atoms with E-state index in [-0.39, 0.29) is 5.84 Å². The lowest BCUT2D eigenvalue weighted by atomic mass is 10.1. The fraction of sp³-hybridized carbons (Fsp3) is 0.571. The topological polar surface area (TPSA) is 80.7 Å². The number of nitrogens with two attached hydrogens (primary N) is 1. The molecule has 106 valence electrons. The second-order valence-electron chi connectivity index (χ2n) is 4.95. The number of aryl methyl sites for hydroxylation is 2. The quantitative estimate of drug-likeness (QED) is 0.358. The molecular formula is C14H23N3O2. The molecule has 0 aromatic carbocycles. The van der Waals surface area contributed by atoms with Crippen LogP contribution in [0.5, 0.6) is 5.88 Å². The minimum absolute atomic E-state index is 0.0307. The standard InChI is InChI=1S/C14H23N3O2/c1-5-6-9(2)8-19-14-12(13(15)17-18)10(3)7-11(4)16-14/h7,9,18H,5-6,8H2,1-4H3,(H2,15,17). The number of amidine groups is 1. The summed E-state index contributed by atoms with van der Waals surface area (Å²) < 4.78 is 5.75. The van der Waals surface area contributed by atoms with E-state index in [9.17, 15) is 0 Å². The lowest BCUT2D eigenvalue weighted by Crippen LogP contribution is -2.19. The summed E-state index contributed by atoms with van der Waals surface area (Å²) in [4.78, 5) is 4.34. The average Bonchev–Trinajstić information content (AvgIpc) is 2.35. The van der Waals surface area contributed by atoms with Crippen LogP contribution in [-0.2, 0) is 0 Å². The third-order valence-electron chi connectivity index (χ3n) is 2.96. The second kappa shape index (κ2) is 6.97. The van der Waals surface area contributed by atoms with E-state index >= 15 is 0 Å². The Hall–Kier alpha value is -1.78. The van der Waals surface area contributed by atoms with Crippen molar-refractivity contribution in [2.24, 2.45) is 16.8 Å². The molecule has 5 heteroatoms. The molecule has 1 aromatic rings. The van der Waals surface area contributed by atoms with Crippen LogP contribution in [0.2, 0.25) is 0 Å². The Morgan fingerprint density at radius 2 is 2.21 bits per heavy atom. The van der Waals surface area contributed by atoms with Gasteiger partial charge in [0.25, 0.3) is 0 Å². The molecule has 0 fully saturated rings. The van der Waals surface area contributed by atoms with Gasteiger partial charge < -0.3 is 15.7 Å². The van der Waals surface area contributed by atoms with Crippen LogP contribution >= 0.6 is 0 Å². The van der Waals surface area contributed by atoms with Crippen molar-refractivity contribution in [1.29, 1.82) is 0 Å². The van der Waals surface area contributed by atoms with E-state index in [0.717, 1.165) is 24.1 Å². The van der Waals surface area contributed by atoms with Crippen molar-refractivity contribution in [3.8, 4) is 5.88 Å². The molecule has 5 nitrogen and oxygen atoms in total. The first-order valence-corrected chi connectivity index (χ1v) is 6.58. The summed E-state index contributed by atoms with van der Waals surface area (Å²) >= 11 is 0. The summed E-state index contributed by atoms with van der Waals surface area (Å²) in [5.74, 6) is 0.923. The molecule has 0 aliphatic heterocycles. The molecule has 0 saturated heterocycles. The molecule has 1 rings (SSSR count). The van der Waals surface area contributed by atoms with Crippen molar-refractivity contribution in [2.45, 2.75) is 40.5 Å². The molecule has 19 heavy (non-hydrogen) atoms. The predicted octanol–water partition coefficient (Wildman–Crippen LogP) is 2.61. The minimum atomic E-state index is 0.0307. The third-order valence-corrected chi connectivity index (χ3v) is 2.96. The Labute approximate surface area is 114 Å². The number of aromatic nitrogens is 1. The van der Waals surface area contributed by atoms with Crippen LogP contribution in [0.3, 0.4) is 0 Å². The summed E-state index contributed by atoms with van der Waals surface area (Å²) in [6.07, 6.45) is 2.22. The Morgan fingerprint density at radius 3 is 2.79 bits per heavy atom. The smallest absolute Gasteiger partial charge is 0.225 e. The zero-order chi connectivity index (χ0) is 14.4. The highest BCUT2D eigenvalue weighted by molar-refractivity contribution is 6.00. The second-order valence-corrected chi connectivity index (χ2v) is 4.95. The number of nitrogens with zero attached hydrogens (tertiary/aromatic N) is 2. The van der Waals surface area contributed by atoms with E-state index in [1.54, 1.807) is 0 Å². The molecule has 1 aromatic heterocycles. The number of oxime groups is 1. The van der Waals surface area contributed by atoms with Gasteiger partial charge in [-0.2, -0.15) is 0 Å². The van der Waals surface area contributed by atoms with Gasteiger partial charge in [-0.15, -0.1) is 0 Å². The fourth-order valence-electron chi connectivity index (χ4n) is 2.07. The van der Waals surface area contributed by atoms with E-state index < -0.39 is 0 Å². The van der Waals surface area contributed by atoms with Crippen LogP contribution in [-0.4, -0.2) is 22.6 Å². The van der Waals surface area contributed by atoms with Gasteiger partial charge in [-0.1, -0.05) is 25.4 Å². The highest BCUT2D eigenvalue weighted by atomic mass is 16.5.